The van der Waals surface area contributed by atoms with Gasteiger partial charge in [0.25, 0.3) is 5.91 Å². The number of phenols is 1. The van der Waals surface area contributed by atoms with Crippen molar-refractivity contribution in [1.29, 1.82) is 0 Å². The summed E-state index contributed by atoms with van der Waals surface area (Å²) in [5.74, 6) is -7.92. The summed E-state index contributed by atoms with van der Waals surface area (Å²) in [6.45, 7) is 4.14. The molecule has 7 N–H and O–H groups in total. The zero-order valence-corrected chi connectivity index (χ0v) is 24.5. The summed E-state index contributed by atoms with van der Waals surface area (Å²) in [6, 6.07) is -1.43. The first-order chi connectivity index (χ1) is 20.8. The first-order valence-corrected chi connectivity index (χ1v) is 14.5. The van der Waals surface area contributed by atoms with Crippen molar-refractivity contribution in [3.63, 3.8) is 0 Å². The summed E-state index contributed by atoms with van der Waals surface area (Å²) in [4.78, 5) is 59.3. The first-order valence-electron chi connectivity index (χ1n) is 14.5. The molecular formula is C30H35FN4O9. The van der Waals surface area contributed by atoms with Crippen LogP contribution in [0.1, 0.15) is 48.9 Å². The number of nitrogens with one attached hydrogen (secondary N) is 1. The minimum Gasteiger partial charge on any atom is -0.508 e. The van der Waals surface area contributed by atoms with Gasteiger partial charge in [0.2, 0.25) is 5.78 Å². The predicted octanol–water partition coefficient (Wildman–Crippen LogP) is 0.718. The molecule has 0 spiro atoms. The van der Waals surface area contributed by atoms with Crippen LogP contribution >= 0.6 is 0 Å². The Hall–Kier alpha value is -4.10. The summed E-state index contributed by atoms with van der Waals surface area (Å²) >= 11 is 0. The van der Waals surface area contributed by atoms with Gasteiger partial charge in [0.1, 0.15) is 28.7 Å². The highest BCUT2D eigenvalue weighted by atomic mass is 19.1. The quantitative estimate of drug-likeness (QED) is 0.205. The van der Waals surface area contributed by atoms with Crippen LogP contribution in [0.2, 0.25) is 0 Å². The maximum Gasteiger partial charge on any atom is 0.373 e. The number of amides is 1. The lowest BCUT2D eigenvalue weighted by Gasteiger charge is -2.50. The van der Waals surface area contributed by atoms with Crippen molar-refractivity contribution in [2.24, 2.45) is 23.5 Å². The number of phenolic OH excluding ortho intramolecular Hbond substituents is 1. The minimum absolute atomic E-state index is 0.0673. The van der Waals surface area contributed by atoms with Crippen molar-refractivity contribution < 1.29 is 48.8 Å². The molecule has 2 aliphatic heterocycles. The van der Waals surface area contributed by atoms with Gasteiger partial charge in [0.15, 0.2) is 11.4 Å². The van der Waals surface area contributed by atoms with Crippen LogP contribution in [0.25, 0.3) is 5.76 Å². The number of nitrogens with two attached hydrogens (primary N) is 1. The highest BCUT2D eigenvalue weighted by Gasteiger charge is 2.64. The number of ketones is 2. The Bertz CT molecular complexity index is 1560. The first kappa shape index (κ1) is 31.3. The lowest BCUT2D eigenvalue weighted by Crippen LogP contribution is -2.65. The Labute approximate surface area is 251 Å². The number of aromatic hydroxyl groups is 1. The molecule has 2 heterocycles. The van der Waals surface area contributed by atoms with Crippen molar-refractivity contribution in [1.82, 2.24) is 9.80 Å². The smallest absolute Gasteiger partial charge is 0.373 e. The van der Waals surface area contributed by atoms with E-state index in [4.69, 9.17) is 15.3 Å². The Balaban J connectivity index is 0.00000123. The van der Waals surface area contributed by atoms with E-state index in [0.717, 1.165) is 25.9 Å². The number of halogens is 1. The normalized spacial score (nSPS) is 30.7. The second-order valence-electron chi connectivity index (χ2n) is 12.3. The number of carbonyl (C=O) groups is 3. The SMILES string of the molecule is CCCN1CCC2CNc3c(O)c4c(c(F)c3C21)C[C@H]1C[C@H]2[C@H](N(C)C)C(=O)C(C(N)=O)=C(O)[C@@]2(O)C(=O)C1=C4O.O=C=O. The number of primary amides is 1. The Morgan fingerprint density at radius 1 is 1.23 bits per heavy atom. The zero-order chi connectivity index (χ0) is 32.4. The van der Waals surface area contributed by atoms with E-state index in [2.05, 4.69) is 17.1 Å². The summed E-state index contributed by atoms with van der Waals surface area (Å²) in [5, 5.41) is 48.7. The average Bonchev–Trinajstić information content (AvgIpc) is 3.36. The molecule has 44 heavy (non-hydrogen) atoms. The fourth-order valence-corrected chi connectivity index (χ4v) is 8.14. The lowest BCUT2D eigenvalue weighted by atomic mass is 9.57. The van der Waals surface area contributed by atoms with E-state index < -0.39 is 63.9 Å². The maximum atomic E-state index is 16.6. The molecule has 2 unspecified atom stereocenters. The van der Waals surface area contributed by atoms with Gasteiger partial charge in [-0.15, -0.1) is 0 Å². The minimum atomic E-state index is -2.73. The molecule has 14 heteroatoms. The van der Waals surface area contributed by atoms with Crippen LogP contribution in [0.15, 0.2) is 16.9 Å². The summed E-state index contributed by atoms with van der Waals surface area (Å²) in [6.07, 6.45) is 1.85. The number of hydrogen-bond acceptors (Lipinski definition) is 12. The number of nitrogens with zero attached hydrogens (tertiary/aromatic N) is 2. The predicted molar refractivity (Wildman–Crippen MR) is 150 cm³/mol. The van der Waals surface area contributed by atoms with Crippen molar-refractivity contribution in [2.75, 3.05) is 39.0 Å². The topological polar surface area (TPSA) is 211 Å². The molecule has 0 radical (unpaired) electrons. The number of anilines is 1. The molecule has 1 aromatic rings. The van der Waals surface area contributed by atoms with Gasteiger partial charge in [0.05, 0.1) is 17.3 Å². The maximum absolute atomic E-state index is 16.6. The van der Waals surface area contributed by atoms with E-state index in [-0.39, 0.29) is 59.1 Å². The third-order valence-corrected chi connectivity index (χ3v) is 9.83. The Morgan fingerprint density at radius 3 is 2.48 bits per heavy atom. The fraction of sp³-hybridized carbons (Fsp3) is 0.533. The van der Waals surface area contributed by atoms with Crippen molar-refractivity contribution in [3.8, 4) is 5.75 Å². The monoisotopic (exact) mass is 614 g/mol. The van der Waals surface area contributed by atoms with E-state index in [1.54, 1.807) is 0 Å². The molecule has 1 aromatic carbocycles. The van der Waals surface area contributed by atoms with Crippen LogP contribution in [-0.4, -0.2) is 99.2 Å². The highest BCUT2D eigenvalue weighted by Crippen LogP contribution is 2.56. The number of aliphatic hydroxyl groups excluding tert-OH is 2. The average molecular weight is 615 g/mol. The van der Waals surface area contributed by atoms with Gasteiger partial charge in [-0.05, 0) is 64.7 Å². The lowest BCUT2D eigenvalue weighted by molar-refractivity contribution is -0.191. The van der Waals surface area contributed by atoms with Crippen molar-refractivity contribution in [3.05, 3.63) is 39.4 Å². The van der Waals surface area contributed by atoms with Gasteiger partial charge < -0.3 is 31.5 Å². The number of carbonyl (C=O) groups excluding carboxylic acids is 5. The third-order valence-electron chi connectivity index (χ3n) is 9.83. The van der Waals surface area contributed by atoms with E-state index in [1.165, 1.54) is 19.0 Å². The second kappa shape index (κ2) is 11.1. The second-order valence-corrected chi connectivity index (χ2v) is 12.3. The molecule has 1 saturated carbocycles. The molecule has 1 saturated heterocycles. The van der Waals surface area contributed by atoms with Gasteiger partial charge in [-0.25, -0.2) is 4.39 Å². The molecule has 2 fully saturated rings. The summed E-state index contributed by atoms with van der Waals surface area (Å²) in [7, 11) is 3.06. The van der Waals surface area contributed by atoms with Crippen LogP contribution < -0.4 is 11.1 Å². The largest absolute Gasteiger partial charge is 0.508 e. The standard InChI is InChI=1S/C29H35FN4O7.CO2/c1-4-6-34-7-5-11-10-32-20-17(21(11)34)19(30)13-8-12-9-14-22(33(2)3)25(37)18(28(31)40)27(39)29(14,41)26(38)15(12)23(35)16(13)24(20)36;2-1-3/h11-12,14,21-22,32,35-36,39,41H,4-10H2,1-3H3,(H2,31,40);/t11?,12-,14-,21?,22-,29-;/m0./s1. The number of likely N-dealkylation sites (tertiary alicyclic amines) is 1. The summed E-state index contributed by atoms with van der Waals surface area (Å²) in [5.41, 5.74) is 1.81. The number of aliphatic hydroxyl groups is 3. The molecule has 0 aromatic heterocycles. The Morgan fingerprint density at radius 2 is 1.89 bits per heavy atom. The molecule has 13 nitrogen and oxygen atoms in total. The molecule has 6 atom stereocenters. The van der Waals surface area contributed by atoms with Gasteiger partial charge in [-0.1, -0.05) is 6.92 Å². The number of fused-ring (bicyclic) bond motifs is 6. The molecular weight excluding hydrogens is 579 g/mol. The molecule has 6 rings (SSSR count). The molecule has 3 aliphatic carbocycles. The highest BCUT2D eigenvalue weighted by molar-refractivity contribution is 6.24. The molecule has 1 amide bonds. The third kappa shape index (κ3) is 4.20. The number of likely N-dealkylation sites (N-methyl/N-ethyl adjacent to an activating group) is 1. The zero-order valence-electron chi connectivity index (χ0n) is 24.5. The fourth-order valence-electron chi connectivity index (χ4n) is 8.14. The van der Waals surface area contributed by atoms with E-state index in [1.807, 2.05) is 0 Å². The number of rotatable bonds is 4. The van der Waals surface area contributed by atoms with Gasteiger partial charge in [-0.3, -0.25) is 24.2 Å². The van der Waals surface area contributed by atoms with Gasteiger partial charge >= 0.3 is 6.15 Å². The van der Waals surface area contributed by atoms with Crippen LogP contribution in [0, 0.1) is 23.6 Å². The van der Waals surface area contributed by atoms with E-state index in [0.29, 0.717) is 12.1 Å². The van der Waals surface area contributed by atoms with Crippen LogP contribution in [-0.2, 0) is 30.4 Å². The van der Waals surface area contributed by atoms with Crippen LogP contribution in [0.3, 0.4) is 0 Å². The number of Topliss-reactive ketones (excluding diaryl/α,β-unsaturated/α-hetero) is 2. The van der Waals surface area contributed by atoms with Crippen LogP contribution in [0.5, 0.6) is 5.75 Å². The number of benzene rings is 1. The van der Waals surface area contributed by atoms with E-state index >= 15 is 4.39 Å². The van der Waals surface area contributed by atoms with Crippen LogP contribution in [0.4, 0.5) is 10.1 Å². The Kier molecular flexibility index (Phi) is 7.91. The molecule has 236 valence electrons. The van der Waals surface area contributed by atoms with Gasteiger partial charge in [0, 0.05) is 35.2 Å². The van der Waals surface area contributed by atoms with Crippen molar-refractivity contribution >= 4 is 35.1 Å². The molecule has 0 bridgehead atoms. The van der Waals surface area contributed by atoms with E-state index in [9.17, 15) is 34.8 Å². The summed E-state index contributed by atoms with van der Waals surface area (Å²) < 4.78 is 16.6. The van der Waals surface area contributed by atoms with Gasteiger partial charge in [-0.2, -0.15) is 9.59 Å². The molecule has 5 aliphatic rings. The van der Waals surface area contributed by atoms with Crippen molar-refractivity contribution in [2.45, 2.75) is 50.3 Å². The number of hydrogen-bond donors (Lipinski definition) is 6.